The molecule has 0 unspecified atom stereocenters. The Labute approximate surface area is 239 Å². The highest BCUT2D eigenvalue weighted by atomic mass is 16.5. The molecule has 2 rings (SSSR count). The van der Waals surface area contributed by atoms with E-state index in [1.807, 2.05) is 41.5 Å². The number of nitrogen functional groups attached to an aromatic ring is 1. The second-order valence-electron chi connectivity index (χ2n) is 10.1. The Morgan fingerprint density at radius 1 is 0.850 bits per heavy atom. The summed E-state index contributed by atoms with van der Waals surface area (Å²) in [4.78, 5) is 29.7. The molecule has 0 aliphatic carbocycles. The van der Waals surface area contributed by atoms with Crippen molar-refractivity contribution in [2.75, 3.05) is 32.9 Å². The molecule has 220 valence electrons. The summed E-state index contributed by atoms with van der Waals surface area (Å²) in [6.07, 6.45) is 2.51. The molecule has 0 atom stereocenters. The zero-order valence-corrected chi connectivity index (χ0v) is 24.9. The first-order valence-corrected chi connectivity index (χ1v) is 14.2. The molecule has 0 fully saturated rings. The number of para-hydroxylation sites is 1. The fourth-order valence-corrected chi connectivity index (χ4v) is 4.44. The quantitative estimate of drug-likeness (QED) is 0.159. The molecule has 0 bridgehead atoms. The van der Waals surface area contributed by atoms with Crippen LogP contribution in [0.25, 0.3) is 0 Å². The maximum absolute atomic E-state index is 13.6. The fourth-order valence-electron chi connectivity index (χ4n) is 4.44. The maximum atomic E-state index is 13.6. The first kappa shape index (κ1) is 32.5. The van der Waals surface area contributed by atoms with Gasteiger partial charge in [-0.25, -0.2) is 0 Å². The Balaban J connectivity index is 2.03. The summed E-state index contributed by atoms with van der Waals surface area (Å²) in [6, 6.07) is 12.4. The molecule has 0 radical (unpaired) electrons. The number of nitrogens with one attached hydrogen (secondary N) is 1. The number of carbonyl (C=O) groups is 2. The average Bonchev–Trinajstić information content (AvgIpc) is 2.92. The molecule has 2 amide bonds. The molecule has 0 spiro atoms. The molecule has 40 heavy (non-hydrogen) atoms. The van der Waals surface area contributed by atoms with Gasteiger partial charge in [-0.05, 0) is 97.2 Å². The lowest BCUT2D eigenvalue weighted by Crippen LogP contribution is -2.42. The van der Waals surface area contributed by atoms with Crippen molar-refractivity contribution in [1.82, 2.24) is 9.80 Å². The Morgan fingerprint density at radius 3 is 2.00 bits per heavy atom. The van der Waals surface area contributed by atoms with Crippen LogP contribution in [0.5, 0.6) is 17.2 Å². The van der Waals surface area contributed by atoms with Crippen molar-refractivity contribution in [2.45, 2.75) is 72.9 Å². The fraction of sp³-hybridized carbons (Fsp3) is 0.516. The normalized spacial score (nSPS) is 10.9. The number of carbonyl (C=O) groups excluding carboxylic acids is 2. The minimum Gasteiger partial charge on any atom is -0.494 e. The molecule has 9 heteroatoms. The van der Waals surface area contributed by atoms with Crippen molar-refractivity contribution in [3.05, 3.63) is 53.6 Å². The summed E-state index contributed by atoms with van der Waals surface area (Å²) in [5.41, 5.74) is 6.53. The highest BCUT2D eigenvalue weighted by molar-refractivity contribution is 5.98. The number of nitrogens with zero attached hydrogens (tertiary/aromatic N) is 2. The number of amidine groups is 1. The number of likely N-dealkylation sites (N-methyl/N-ethyl adjacent to an activating group) is 1. The van der Waals surface area contributed by atoms with Crippen molar-refractivity contribution in [3.8, 4) is 17.2 Å². The third-order valence-corrected chi connectivity index (χ3v) is 6.49. The smallest absolute Gasteiger partial charge is 0.260 e. The Morgan fingerprint density at radius 2 is 1.45 bits per heavy atom. The van der Waals surface area contributed by atoms with E-state index in [1.165, 1.54) is 0 Å². The van der Waals surface area contributed by atoms with Crippen molar-refractivity contribution in [2.24, 2.45) is 5.73 Å². The second-order valence-corrected chi connectivity index (χ2v) is 10.1. The molecule has 2 aromatic rings. The number of amides is 2. The Bertz CT molecular complexity index is 1090. The van der Waals surface area contributed by atoms with E-state index in [0.717, 1.165) is 25.0 Å². The molecular weight excluding hydrogens is 508 g/mol. The molecule has 0 saturated heterocycles. The predicted octanol–water partition coefficient (Wildman–Crippen LogP) is 5.10. The van der Waals surface area contributed by atoms with E-state index >= 15 is 0 Å². The molecule has 0 aliphatic rings. The van der Waals surface area contributed by atoms with Gasteiger partial charge >= 0.3 is 0 Å². The summed E-state index contributed by atoms with van der Waals surface area (Å²) in [7, 11) is 0. The van der Waals surface area contributed by atoms with Crippen LogP contribution in [0.4, 0.5) is 0 Å². The van der Waals surface area contributed by atoms with Gasteiger partial charge in [-0.3, -0.25) is 15.0 Å². The standard InChI is InChI=1S/C31H46N4O5/c1-7-34(8-2)28(36)21-40-29-26(31(37)35(22(3)4)23(5)6)13-12-14-27(29)39-20-11-9-10-19-38-25-17-15-24(16-18-25)30(32)33/h12-18,22-23H,7-11,19-21H2,1-6H3,(H3,32,33). The van der Waals surface area contributed by atoms with Crippen molar-refractivity contribution >= 4 is 17.6 Å². The first-order valence-electron chi connectivity index (χ1n) is 14.2. The zero-order chi connectivity index (χ0) is 29.7. The SMILES string of the molecule is CCN(CC)C(=O)COc1c(OCCCCCOc2ccc(C(=N)N)cc2)cccc1C(=O)N(C(C)C)C(C)C. The van der Waals surface area contributed by atoms with Gasteiger partial charge in [0, 0.05) is 30.7 Å². The molecule has 0 aliphatic heterocycles. The molecule has 0 aromatic heterocycles. The van der Waals surface area contributed by atoms with Gasteiger partial charge in [-0.2, -0.15) is 0 Å². The lowest BCUT2D eigenvalue weighted by molar-refractivity contribution is -0.133. The van der Waals surface area contributed by atoms with Crippen LogP contribution in [0.1, 0.15) is 76.7 Å². The van der Waals surface area contributed by atoms with Gasteiger partial charge in [-0.1, -0.05) is 6.07 Å². The zero-order valence-electron chi connectivity index (χ0n) is 24.9. The minimum atomic E-state index is -0.170. The van der Waals surface area contributed by atoms with Crippen molar-refractivity contribution in [1.29, 1.82) is 5.41 Å². The monoisotopic (exact) mass is 554 g/mol. The van der Waals surface area contributed by atoms with Gasteiger partial charge in [0.05, 0.1) is 18.8 Å². The van der Waals surface area contributed by atoms with Crippen LogP contribution in [0, 0.1) is 5.41 Å². The highest BCUT2D eigenvalue weighted by Gasteiger charge is 2.27. The van der Waals surface area contributed by atoms with Crippen LogP contribution in [0.15, 0.2) is 42.5 Å². The van der Waals surface area contributed by atoms with E-state index in [-0.39, 0.29) is 36.3 Å². The van der Waals surface area contributed by atoms with Crippen molar-refractivity contribution in [3.63, 3.8) is 0 Å². The Kier molecular flexibility index (Phi) is 13.3. The summed E-state index contributed by atoms with van der Waals surface area (Å²) in [5.74, 6) is 1.22. The summed E-state index contributed by atoms with van der Waals surface area (Å²) < 4.78 is 17.9. The molecule has 0 saturated carbocycles. The second kappa shape index (κ2) is 16.4. The van der Waals surface area contributed by atoms with Gasteiger partial charge in [0.2, 0.25) is 0 Å². The van der Waals surface area contributed by atoms with E-state index in [0.29, 0.717) is 48.9 Å². The number of ether oxygens (including phenoxy) is 3. The highest BCUT2D eigenvalue weighted by Crippen LogP contribution is 2.33. The number of hydrogen-bond donors (Lipinski definition) is 2. The lowest BCUT2D eigenvalue weighted by atomic mass is 10.1. The number of benzene rings is 2. The van der Waals surface area contributed by atoms with Gasteiger partial charge in [0.1, 0.15) is 11.6 Å². The third kappa shape index (κ3) is 9.47. The molecule has 2 aromatic carbocycles. The number of hydrogen-bond acceptors (Lipinski definition) is 6. The van der Waals surface area contributed by atoms with Gasteiger partial charge < -0.3 is 29.7 Å². The van der Waals surface area contributed by atoms with Crippen LogP contribution in [-0.4, -0.2) is 72.4 Å². The topological polar surface area (TPSA) is 118 Å². The molecular formula is C31H46N4O5. The van der Waals surface area contributed by atoms with E-state index in [4.69, 9.17) is 25.4 Å². The van der Waals surface area contributed by atoms with Crippen LogP contribution in [0.3, 0.4) is 0 Å². The number of rotatable bonds is 17. The van der Waals surface area contributed by atoms with E-state index in [1.54, 1.807) is 52.3 Å². The van der Waals surface area contributed by atoms with Gasteiger partial charge in [0.15, 0.2) is 18.1 Å². The summed E-state index contributed by atoms with van der Waals surface area (Å²) in [5, 5.41) is 7.46. The van der Waals surface area contributed by atoms with E-state index in [2.05, 4.69) is 0 Å². The predicted molar refractivity (Wildman–Crippen MR) is 159 cm³/mol. The largest absolute Gasteiger partial charge is 0.494 e. The number of nitrogens with two attached hydrogens (primary N) is 1. The molecule has 0 heterocycles. The first-order chi connectivity index (χ1) is 19.1. The van der Waals surface area contributed by atoms with Crippen molar-refractivity contribution < 1.29 is 23.8 Å². The summed E-state index contributed by atoms with van der Waals surface area (Å²) in [6.45, 7) is 13.8. The summed E-state index contributed by atoms with van der Waals surface area (Å²) >= 11 is 0. The Hall–Kier alpha value is -3.75. The lowest BCUT2D eigenvalue weighted by Gasteiger charge is -2.31. The number of unbranched alkanes of at least 4 members (excludes halogenated alkanes) is 2. The van der Waals surface area contributed by atoms with E-state index < -0.39 is 0 Å². The molecule has 9 nitrogen and oxygen atoms in total. The average molecular weight is 555 g/mol. The van der Waals surface area contributed by atoms with Gasteiger partial charge in [-0.15, -0.1) is 0 Å². The maximum Gasteiger partial charge on any atom is 0.260 e. The third-order valence-electron chi connectivity index (χ3n) is 6.49. The van der Waals surface area contributed by atoms with Crippen LogP contribution in [0.2, 0.25) is 0 Å². The van der Waals surface area contributed by atoms with E-state index in [9.17, 15) is 9.59 Å². The molecule has 3 N–H and O–H groups in total. The van der Waals surface area contributed by atoms with Crippen LogP contribution >= 0.6 is 0 Å². The minimum absolute atomic E-state index is 0.00322. The van der Waals surface area contributed by atoms with Crippen LogP contribution in [-0.2, 0) is 4.79 Å². The van der Waals surface area contributed by atoms with Gasteiger partial charge in [0.25, 0.3) is 11.8 Å². The van der Waals surface area contributed by atoms with Crippen LogP contribution < -0.4 is 19.9 Å².